The van der Waals surface area contributed by atoms with Crippen molar-refractivity contribution in [3.05, 3.63) is 50.8 Å². The van der Waals surface area contributed by atoms with Crippen molar-refractivity contribution in [3.8, 4) is 29.1 Å². The van der Waals surface area contributed by atoms with Crippen molar-refractivity contribution >= 4 is 11.6 Å². The molecule has 136 valence electrons. The zero-order valence-electron chi connectivity index (χ0n) is 15.0. The van der Waals surface area contributed by atoms with Crippen molar-refractivity contribution in [3.63, 3.8) is 0 Å². The van der Waals surface area contributed by atoms with Crippen molar-refractivity contribution in [1.82, 2.24) is 4.98 Å². The number of H-pyrrole nitrogens is 1. The largest absolute Gasteiger partial charge is 0.859 e. The van der Waals surface area contributed by atoms with Gasteiger partial charge in [0.25, 0.3) is 5.56 Å². The highest BCUT2D eigenvalue weighted by molar-refractivity contribution is 6.30. The molecule has 2 rings (SSSR count). The number of quaternary nitrogens is 1. The third-order valence-electron chi connectivity index (χ3n) is 4.04. The number of halogens is 1. The highest BCUT2D eigenvalue weighted by Crippen LogP contribution is 2.29. The molecule has 0 atom stereocenters. The van der Waals surface area contributed by atoms with Gasteiger partial charge in [-0.1, -0.05) is 23.7 Å². The zero-order valence-corrected chi connectivity index (χ0v) is 15.8. The first kappa shape index (κ1) is 21.2. The monoisotopic (exact) mass is 372 g/mol. The number of hydrogen-bond donors (Lipinski definition) is 2. The van der Waals surface area contributed by atoms with Crippen LogP contribution in [0.25, 0.3) is 11.1 Å². The summed E-state index contributed by atoms with van der Waals surface area (Å²) < 4.78 is 0. The molecule has 0 bridgehead atoms. The molecule has 7 heteroatoms. The minimum atomic E-state index is -0.809. The minimum absolute atomic E-state index is 0.0374. The highest BCUT2D eigenvalue weighted by atomic mass is 35.5. The Balaban J connectivity index is 0.000000412. The molecule has 2 aromatic rings. The van der Waals surface area contributed by atoms with E-state index in [2.05, 4.69) is 20.8 Å². The molecule has 0 aliphatic carbocycles. The van der Waals surface area contributed by atoms with E-state index in [4.69, 9.17) is 22.1 Å². The third kappa shape index (κ3) is 5.10. The van der Waals surface area contributed by atoms with E-state index < -0.39 is 11.4 Å². The molecule has 0 fully saturated rings. The molecule has 2 N–H and O–H groups in total. The molecule has 0 radical (unpaired) electrons. The molecule has 0 saturated carbocycles. The van der Waals surface area contributed by atoms with E-state index in [-0.39, 0.29) is 16.7 Å². The molecule has 0 spiro atoms. The van der Waals surface area contributed by atoms with E-state index in [1.165, 1.54) is 31.8 Å². The van der Waals surface area contributed by atoms with Crippen molar-refractivity contribution in [2.24, 2.45) is 0 Å². The standard InChI is InChI=1S/C13H6ClN3O2.C6H15N/c14-8-3-1-7(2-4-8)11-9(5-15)12(18)17-13(19)10(11)6-16;1-4-7(5-2)6-3/h1-4H,(H2,17,18,19);4-6H2,1-3H3. The molecule has 26 heavy (non-hydrogen) atoms. The average molecular weight is 373 g/mol. The van der Waals surface area contributed by atoms with Crippen LogP contribution in [0.2, 0.25) is 5.02 Å². The summed E-state index contributed by atoms with van der Waals surface area (Å²) in [5.74, 6) is -0.809. The van der Waals surface area contributed by atoms with Crippen molar-refractivity contribution in [2.45, 2.75) is 20.8 Å². The first-order valence-corrected chi connectivity index (χ1v) is 8.68. The maximum atomic E-state index is 11.6. The molecule has 0 aliphatic rings. The van der Waals surface area contributed by atoms with Crippen LogP contribution in [-0.4, -0.2) is 24.6 Å². The number of nitriles is 2. The third-order valence-corrected chi connectivity index (χ3v) is 4.29. The van der Waals surface area contributed by atoms with Gasteiger partial charge < -0.3 is 15.0 Å². The molecule has 0 amide bonds. The lowest BCUT2D eigenvalue weighted by Crippen LogP contribution is -3.11. The fourth-order valence-electron chi connectivity index (χ4n) is 2.45. The number of rotatable bonds is 4. The maximum Gasteiger partial charge on any atom is 0.266 e. The van der Waals surface area contributed by atoms with Gasteiger partial charge in [0.1, 0.15) is 17.7 Å². The Kier molecular flexibility index (Phi) is 8.37. The van der Waals surface area contributed by atoms with Gasteiger partial charge in [-0.2, -0.15) is 10.5 Å². The van der Waals surface area contributed by atoms with Gasteiger partial charge in [0.15, 0.2) is 0 Å². The first-order valence-electron chi connectivity index (χ1n) is 8.30. The summed E-state index contributed by atoms with van der Waals surface area (Å²) in [6.07, 6.45) is 0. The fourth-order valence-corrected chi connectivity index (χ4v) is 2.57. The van der Waals surface area contributed by atoms with Crippen LogP contribution < -0.4 is 15.6 Å². The molecule has 0 unspecified atom stereocenters. The predicted octanol–water partition coefficient (Wildman–Crippen LogP) is 1.44. The topological polar surface area (TPSA) is 108 Å². The SMILES string of the molecule is CC[NH+](CC)CC.N#Cc1c([O-])[nH]c(=O)c(C#N)c1-c1ccc(Cl)cc1. The summed E-state index contributed by atoms with van der Waals surface area (Å²) in [4.78, 5) is 15.2. The molecule has 6 nitrogen and oxygen atoms in total. The Morgan fingerprint density at radius 2 is 1.54 bits per heavy atom. The van der Waals surface area contributed by atoms with Gasteiger partial charge in [0, 0.05) is 10.6 Å². The van der Waals surface area contributed by atoms with Crippen LogP contribution >= 0.6 is 11.6 Å². The number of nitrogens with zero attached hydrogens (tertiary/aromatic N) is 2. The number of benzene rings is 1. The van der Waals surface area contributed by atoms with Gasteiger partial charge in [-0.05, 0) is 44.3 Å². The van der Waals surface area contributed by atoms with Crippen LogP contribution in [0.15, 0.2) is 29.1 Å². The summed E-state index contributed by atoms with van der Waals surface area (Å²) in [6, 6.07) is 9.60. The average Bonchev–Trinajstić information content (AvgIpc) is 2.64. The zero-order chi connectivity index (χ0) is 19.7. The normalized spacial score (nSPS) is 9.81. The molecular formula is C19H21ClN4O2. The van der Waals surface area contributed by atoms with E-state index in [1.807, 2.05) is 4.98 Å². The van der Waals surface area contributed by atoms with Crippen LogP contribution in [-0.2, 0) is 0 Å². The number of hydrogen-bond acceptors (Lipinski definition) is 4. The van der Waals surface area contributed by atoms with Gasteiger partial charge in [-0.25, -0.2) is 0 Å². The smallest absolute Gasteiger partial charge is 0.266 e. The summed E-state index contributed by atoms with van der Waals surface area (Å²) in [7, 11) is 0. The highest BCUT2D eigenvalue weighted by Gasteiger charge is 2.15. The number of pyridine rings is 1. The number of aromatic nitrogens is 1. The second-order valence-electron chi connectivity index (χ2n) is 5.45. The lowest BCUT2D eigenvalue weighted by molar-refractivity contribution is -0.894. The Bertz CT molecular complexity index is 867. The van der Waals surface area contributed by atoms with E-state index in [1.54, 1.807) is 29.2 Å². The van der Waals surface area contributed by atoms with Gasteiger partial charge in [0.2, 0.25) is 0 Å². The second kappa shape index (κ2) is 10.2. The van der Waals surface area contributed by atoms with Crippen molar-refractivity contribution in [1.29, 1.82) is 10.5 Å². The van der Waals surface area contributed by atoms with E-state index in [0.717, 1.165) is 0 Å². The Hall–Kier alpha value is -2.80. The lowest BCUT2D eigenvalue weighted by Gasteiger charge is -2.13. The first-order chi connectivity index (χ1) is 12.4. The van der Waals surface area contributed by atoms with E-state index in [0.29, 0.717) is 10.6 Å². The van der Waals surface area contributed by atoms with Crippen LogP contribution in [0.3, 0.4) is 0 Å². The van der Waals surface area contributed by atoms with Gasteiger partial charge in [0.05, 0.1) is 25.2 Å². The molecule has 1 aromatic carbocycles. The minimum Gasteiger partial charge on any atom is -0.859 e. The maximum absolute atomic E-state index is 11.6. The van der Waals surface area contributed by atoms with Gasteiger partial charge in [-0.15, -0.1) is 0 Å². The Morgan fingerprint density at radius 1 is 1.04 bits per heavy atom. The molecule has 1 aromatic heterocycles. The van der Waals surface area contributed by atoms with E-state index >= 15 is 0 Å². The summed E-state index contributed by atoms with van der Waals surface area (Å²) in [6.45, 7) is 10.5. The lowest BCUT2D eigenvalue weighted by atomic mass is 9.97. The summed E-state index contributed by atoms with van der Waals surface area (Å²) in [5, 5.41) is 30.1. The van der Waals surface area contributed by atoms with Crippen molar-refractivity contribution in [2.75, 3.05) is 19.6 Å². The van der Waals surface area contributed by atoms with Crippen LogP contribution in [0, 0.1) is 22.7 Å². The van der Waals surface area contributed by atoms with Crippen LogP contribution in [0.5, 0.6) is 5.88 Å². The van der Waals surface area contributed by atoms with Crippen molar-refractivity contribution < 1.29 is 10.0 Å². The van der Waals surface area contributed by atoms with Gasteiger partial charge in [-0.3, -0.25) is 4.79 Å². The number of aromatic amines is 1. The fraction of sp³-hybridized carbons (Fsp3) is 0.316. The molecular weight excluding hydrogens is 352 g/mol. The molecule has 0 saturated heterocycles. The number of nitrogens with one attached hydrogen (secondary N) is 2. The molecule has 1 heterocycles. The van der Waals surface area contributed by atoms with Crippen LogP contribution in [0.1, 0.15) is 31.9 Å². The summed E-state index contributed by atoms with van der Waals surface area (Å²) >= 11 is 5.75. The predicted molar refractivity (Wildman–Crippen MR) is 99.0 cm³/mol. The molecule has 0 aliphatic heterocycles. The van der Waals surface area contributed by atoms with Crippen LogP contribution in [0.4, 0.5) is 0 Å². The quantitative estimate of drug-likeness (QED) is 0.846. The van der Waals surface area contributed by atoms with Gasteiger partial charge >= 0.3 is 0 Å². The Labute approximate surface area is 157 Å². The Morgan fingerprint density at radius 3 is 1.92 bits per heavy atom. The van der Waals surface area contributed by atoms with E-state index in [9.17, 15) is 9.90 Å². The summed E-state index contributed by atoms with van der Waals surface area (Å²) in [5.41, 5.74) is -0.885. The second-order valence-corrected chi connectivity index (χ2v) is 5.89.